The first kappa shape index (κ1) is 17.0. The molecule has 0 saturated heterocycles. The maximum atomic E-state index is 12.6. The molecule has 2 N–H and O–H groups in total. The first-order chi connectivity index (χ1) is 13.2. The maximum Gasteiger partial charge on any atom is 0.256 e. The summed E-state index contributed by atoms with van der Waals surface area (Å²) in [7, 11) is 0. The van der Waals surface area contributed by atoms with Crippen molar-refractivity contribution in [2.24, 2.45) is 0 Å². The number of anilines is 1. The van der Waals surface area contributed by atoms with Crippen LogP contribution >= 0.6 is 0 Å². The first-order valence-corrected chi connectivity index (χ1v) is 8.67. The van der Waals surface area contributed by atoms with Crippen molar-refractivity contribution >= 4 is 22.8 Å². The van der Waals surface area contributed by atoms with Gasteiger partial charge in [0.15, 0.2) is 0 Å². The third kappa shape index (κ3) is 3.20. The molecule has 0 bridgehead atoms. The highest BCUT2D eigenvalue weighted by molar-refractivity contribution is 6.03. The van der Waals surface area contributed by atoms with E-state index in [1.807, 2.05) is 54.0 Å². The maximum absolute atomic E-state index is 12.6. The van der Waals surface area contributed by atoms with E-state index >= 15 is 0 Å². The summed E-state index contributed by atoms with van der Waals surface area (Å²) in [5.74, 6) is 0.846. The number of hydrogen-bond donors (Lipinski definition) is 2. The van der Waals surface area contributed by atoms with Gasteiger partial charge in [-0.25, -0.2) is 4.98 Å². The summed E-state index contributed by atoms with van der Waals surface area (Å²) in [5, 5.41) is 16.9. The summed E-state index contributed by atoms with van der Waals surface area (Å²) in [4.78, 5) is 17.2. The summed E-state index contributed by atoms with van der Waals surface area (Å²) < 4.78 is 3.49. The monoisotopic (exact) mass is 361 g/mol. The Labute approximate surface area is 155 Å². The molecule has 7 nitrogen and oxygen atoms in total. The van der Waals surface area contributed by atoms with Crippen molar-refractivity contribution in [2.75, 3.05) is 11.9 Å². The molecule has 4 rings (SSSR count). The fraction of sp³-hybridized carbons (Fsp3) is 0.150. The van der Waals surface area contributed by atoms with Crippen LogP contribution in [0.3, 0.4) is 0 Å². The van der Waals surface area contributed by atoms with E-state index in [0.717, 1.165) is 16.7 Å². The van der Waals surface area contributed by atoms with Gasteiger partial charge in [0.25, 0.3) is 5.91 Å². The minimum Gasteiger partial charge on any atom is -0.395 e. The standard InChI is InChI=1S/C20H19N5O2/c1-14-13-18(22-19(27)15-7-3-2-4-8-15)25(23-14)20-21-16-9-5-6-10-17(16)24(20)11-12-26/h2-10,13,26H,11-12H2,1H3,(H,22,27). The second-order valence-corrected chi connectivity index (χ2v) is 6.18. The van der Waals surface area contributed by atoms with Gasteiger partial charge in [-0.1, -0.05) is 30.3 Å². The molecule has 136 valence electrons. The number of carbonyl (C=O) groups excluding carboxylic acids is 1. The number of aromatic nitrogens is 4. The van der Waals surface area contributed by atoms with Gasteiger partial charge in [-0.2, -0.15) is 9.78 Å². The average Bonchev–Trinajstić information content (AvgIpc) is 3.23. The zero-order chi connectivity index (χ0) is 18.8. The lowest BCUT2D eigenvalue weighted by atomic mass is 10.2. The molecular formula is C20H19N5O2. The lowest BCUT2D eigenvalue weighted by Crippen LogP contribution is -2.17. The zero-order valence-corrected chi connectivity index (χ0v) is 14.8. The topological polar surface area (TPSA) is 85.0 Å². The molecule has 2 aromatic carbocycles. The summed E-state index contributed by atoms with van der Waals surface area (Å²) in [6.07, 6.45) is 0. The fourth-order valence-electron chi connectivity index (χ4n) is 3.06. The van der Waals surface area contributed by atoms with Crippen LogP contribution in [-0.4, -0.2) is 37.0 Å². The van der Waals surface area contributed by atoms with E-state index in [9.17, 15) is 9.90 Å². The molecule has 0 spiro atoms. The number of benzene rings is 2. The van der Waals surface area contributed by atoms with Crippen molar-refractivity contribution in [3.8, 4) is 5.95 Å². The number of aliphatic hydroxyl groups is 1. The fourth-order valence-corrected chi connectivity index (χ4v) is 3.06. The van der Waals surface area contributed by atoms with Gasteiger partial charge in [0.1, 0.15) is 5.82 Å². The SMILES string of the molecule is Cc1cc(NC(=O)c2ccccc2)n(-c2nc3ccccc3n2CCO)n1. The van der Waals surface area contributed by atoms with Crippen molar-refractivity contribution in [1.82, 2.24) is 19.3 Å². The first-order valence-electron chi connectivity index (χ1n) is 8.67. The summed E-state index contributed by atoms with van der Waals surface area (Å²) in [6, 6.07) is 18.5. The number of hydrogen-bond acceptors (Lipinski definition) is 4. The van der Waals surface area contributed by atoms with Crippen LogP contribution in [0.4, 0.5) is 5.82 Å². The predicted octanol–water partition coefficient (Wildman–Crippen LogP) is 2.78. The Hall–Kier alpha value is -3.45. The molecule has 0 aliphatic carbocycles. The lowest BCUT2D eigenvalue weighted by molar-refractivity contribution is 0.102. The zero-order valence-electron chi connectivity index (χ0n) is 14.8. The molecule has 1 amide bonds. The van der Waals surface area contributed by atoms with Crippen LogP contribution in [0.15, 0.2) is 60.7 Å². The molecule has 0 aliphatic rings. The molecule has 27 heavy (non-hydrogen) atoms. The van der Waals surface area contributed by atoms with Crippen LogP contribution in [0.1, 0.15) is 16.1 Å². The van der Waals surface area contributed by atoms with Gasteiger partial charge in [0.2, 0.25) is 5.95 Å². The number of nitrogens with zero attached hydrogens (tertiary/aromatic N) is 4. The number of amides is 1. The van der Waals surface area contributed by atoms with Gasteiger partial charge < -0.3 is 15.0 Å². The number of fused-ring (bicyclic) bond motifs is 1. The smallest absolute Gasteiger partial charge is 0.256 e. The quantitative estimate of drug-likeness (QED) is 0.572. The third-order valence-electron chi connectivity index (χ3n) is 4.26. The predicted molar refractivity (Wildman–Crippen MR) is 103 cm³/mol. The van der Waals surface area contributed by atoms with Crippen LogP contribution < -0.4 is 5.32 Å². The van der Waals surface area contributed by atoms with Crippen molar-refractivity contribution in [2.45, 2.75) is 13.5 Å². The van der Waals surface area contributed by atoms with E-state index in [4.69, 9.17) is 0 Å². The molecule has 4 aromatic rings. The van der Waals surface area contributed by atoms with E-state index in [-0.39, 0.29) is 12.5 Å². The highest BCUT2D eigenvalue weighted by Gasteiger charge is 2.18. The number of rotatable bonds is 5. The minimum absolute atomic E-state index is 0.0285. The summed E-state index contributed by atoms with van der Waals surface area (Å²) in [5.41, 5.74) is 3.01. The second kappa shape index (κ2) is 7.05. The number of imidazole rings is 1. The number of aliphatic hydroxyl groups excluding tert-OH is 1. The number of nitrogens with one attached hydrogen (secondary N) is 1. The summed E-state index contributed by atoms with van der Waals surface area (Å²) in [6.45, 7) is 2.20. The van der Waals surface area contributed by atoms with E-state index in [2.05, 4.69) is 15.4 Å². The van der Waals surface area contributed by atoms with Crippen LogP contribution in [0.2, 0.25) is 0 Å². The number of aryl methyl sites for hydroxylation is 1. The molecule has 7 heteroatoms. The van der Waals surface area contributed by atoms with Crippen molar-refractivity contribution in [1.29, 1.82) is 0 Å². The molecular weight excluding hydrogens is 342 g/mol. The summed E-state index contributed by atoms with van der Waals surface area (Å²) >= 11 is 0. The molecule has 2 aromatic heterocycles. The molecule has 0 unspecified atom stereocenters. The molecule has 0 fully saturated rings. The Morgan fingerprint density at radius 1 is 1.11 bits per heavy atom. The van der Waals surface area contributed by atoms with Crippen LogP contribution in [0, 0.1) is 6.92 Å². The lowest BCUT2D eigenvalue weighted by Gasteiger charge is -2.11. The van der Waals surface area contributed by atoms with E-state index in [0.29, 0.717) is 23.9 Å². The van der Waals surface area contributed by atoms with Crippen LogP contribution in [0.25, 0.3) is 17.0 Å². The third-order valence-corrected chi connectivity index (χ3v) is 4.26. The number of para-hydroxylation sites is 2. The Morgan fingerprint density at radius 3 is 2.63 bits per heavy atom. The highest BCUT2D eigenvalue weighted by atomic mass is 16.3. The van der Waals surface area contributed by atoms with Gasteiger partial charge in [0.05, 0.1) is 23.3 Å². The van der Waals surface area contributed by atoms with Crippen LogP contribution in [-0.2, 0) is 6.54 Å². The average molecular weight is 361 g/mol. The van der Waals surface area contributed by atoms with Crippen LogP contribution in [0.5, 0.6) is 0 Å². The van der Waals surface area contributed by atoms with Gasteiger partial charge in [-0.05, 0) is 31.2 Å². The largest absolute Gasteiger partial charge is 0.395 e. The molecule has 0 saturated carbocycles. The van der Waals surface area contributed by atoms with Crippen molar-refractivity contribution in [3.63, 3.8) is 0 Å². The Kier molecular flexibility index (Phi) is 4.43. The number of carbonyl (C=O) groups is 1. The van der Waals surface area contributed by atoms with Gasteiger partial charge in [0, 0.05) is 18.2 Å². The Bertz CT molecular complexity index is 1100. The minimum atomic E-state index is -0.221. The molecule has 0 aliphatic heterocycles. The van der Waals surface area contributed by atoms with Gasteiger partial charge >= 0.3 is 0 Å². The second-order valence-electron chi connectivity index (χ2n) is 6.18. The van der Waals surface area contributed by atoms with Gasteiger partial charge in [-0.15, -0.1) is 0 Å². The van der Waals surface area contributed by atoms with E-state index in [1.165, 1.54) is 0 Å². The Balaban J connectivity index is 1.78. The van der Waals surface area contributed by atoms with Crippen molar-refractivity contribution < 1.29 is 9.90 Å². The molecule has 0 radical (unpaired) electrons. The van der Waals surface area contributed by atoms with E-state index < -0.39 is 0 Å². The molecule has 2 heterocycles. The normalized spacial score (nSPS) is 11.0. The van der Waals surface area contributed by atoms with Gasteiger partial charge in [-0.3, -0.25) is 4.79 Å². The Morgan fingerprint density at radius 2 is 1.85 bits per heavy atom. The molecule has 0 atom stereocenters. The van der Waals surface area contributed by atoms with Crippen molar-refractivity contribution in [3.05, 3.63) is 71.9 Å². The van der Waals surface area contributed by atoms with E-state index in [1.54, 1.807) is 22.9 Å². The highest BCUT2D eigenvalue weighted by Crippen LogP contribution is 2.22.